The largest absolute Gasteiger partial charge is 0.504 e. The van der Waals surface area contributed by atoms with Crippen molar-refractivity contribution >= 4 is 5.84 Å². The van der Waals surface area contributed by atoms with Gasteiger partial charge in [-0.1, -0.05) is 0 Å². The zero-order valence-corrected chi connectivity index (χ0v) is 5.68. The van der Waals surface area contributed by atoms with Gasteiger partial charge in [0.2, 0.25) is 5.76 Å². The normalized spacial score (nSPS) is 15.3. The molecule has 0 spiro atoms. The van der Waals surface area contributed by atoms with Gasteiger partial charge in [-0.15, -0.1) is 0 Å². The van der Waals surface area contributed by atoms with Crippen molar-refractivity contribution in [2.24, 2.45) is 10.7 Å². The van der Waals surface area contributed by atoms with E-state index in [1.807, 2.05) is 0 Å². The van der Waals surface area contributed by atoms with Gasteiger partial charge in [-0.05, 0) is 0 Å². The molecule has 0 atom stereocenters. The van der Waals surface area contributed by atoms with Crippen LogP contribution in [0.3, 0.4) is 0 Å². The topological polar surface area (TPSA) is 58.6 Å². The molecule has 0 saturated heterocycles. The maximum atomic E-state index is 11.5. The van der Waals surface area contributed by atoms with Crippen molar-refractivity contribution in [3.8, 4) is 0 Å². The van der Waals surface area contributed by atoms with Crippen LogP contribution in [0.15, 0.2) is 16.8 Å². The van der Waals surface area contributed by atoms with Crippen LogP contribution in [0.4, 0.5) is 13.2 Å². The number of allylic oxidation sites excluding steroid dienone is 1. The van der Waals surface area contributed by atoms with E-state index >= 15 is 0 Å². The predicted molar refractivity (Wildman–Crippen MR) is 34.3 cm³/mol. The Morgan fingerprint density at radius 2 is 2.00 bits per heavy atom. The molecule has 0 rings (SSSR count). The Balaban J connectivity index is 4.48. The molecule has 3 N–H and O–H groups in total. The van der Waals surface area contributed by atoms with E-state index in [1.54, 1.807) is 0 Å². The Labute approximate surface area is 61.0 Å². The first kappa shape index (κ1) is 9.80. The number of nitrogens with two attached hydrogens (primary N) is 1. The first-order chi connectivity index (χ1) is 4.88. The summed E-state index contributed by atoms with van der Waals surface area (Å²) in [4.78, 5) is 3.20. The minimum atomic E-state index is -4.75. The van der Waals surface area contributed by atoms with Gasteiger partial charge >= 0.3 is 6.18 Å². The SMILES string of the molecule is CN=C(N)/C=C(/O)C(F)(F)F. The molecule has 6 heteroatoms. The molecule has 0 aliphatic heterocycles. The number of aliphatic imine (C=N–C) groups is 1. The fraction of sp³-hybridized carbons (Fsp3) is 0.400. The average Bonchev–Trinajstić information content (AvgIpc) is 1.85. The van der Waals surface area contributed by atoms with Gasteiger partial charge in [-0.3, -0.25) is 4.99 Å². The van der Waals surface area contributed by atoms with Gasteiger partial charge in [0.05, 0.1) is 0 Å². The van der Waals surface area contributed by atoms with E-state index in [4.69, 9.17) is 10.8 Å². The molecule has 0 aromatic rings. The molecular weight excluding hydrogens is 161 g/mol. The Morgan fingerprint density at radius 3 is 2.27 bits per heavy atom. The molecule has 0 aliphatic rings. The summed E-state index contributed by atoms with van der Waals surface area (Å²) in [5.74, 6) is -2.12. The number of amidine groups is 1. The fourth-order valence-electron chi connectivity index (χ4n) is 0.286. The van der Waals surface area contributed by atoms with Gasteiger partial charge in [0, 0.05) is 13.1 Å². The first-order valence-electron chi connectivity index (χ1n) is 2.58. The summed E-state index contributed by atoms with van der Waals surface area (Å²) in [5, 5.41) is 8.26. The molecule has 64 valence electrons. The number of hydrogen-bond donors (Lipinski definition) is 2. The van der Waals surface area contributed by atoms with Crippen LogP contribution in [0.1, 0.15) is 0 Å². The highest BCUT2D eigenvalue weighted by Crippen LogP contribution is 2.22. The second-order valence-electron chi connectivity index (χ2n) is 1.68. The molecule has 0 heterocycles. The Morgan fingerprint density at radius 1 is 1.55 bits per heavy atom. The van der Waals surface area contributed by atoms with Gasteiger partial charge in [0.25, 0.3) is 0 Å². The highest BCUT2D eigenvalue weighted by Gasteiger charge is 2.33. The second-order valence-corrected chi connectivity index (χ2v) is 1.68. The molecule has 0 unspecified atom stereocenters. The zero-order chi connectivity index (χ0) is 9.07. The van der Waals surface area contributed by atoms with Gasteiger partial charge in [-0.2, -0.15) is 13.2 Å². The van der Waals surface area contributed by atoms with Gasteiger partial charge < -0.3 is 10.8 Å². The van der Waals surface area contributed by atoms with Crippen molar-refractivity contribution in [1.82, 2.24) is 0 Å². The van der Waals surface area contributed by atoms with Crippen molar-refractivity contribution in [3.05, 3.63) is 11.8 Å². The van der Waals surface area contributed by atoms with Crippen molar-refractivity contribution in [2.45, 2.75) is 6.18 Å². The smallest absolute Gasteiger partial charge is 0.448 e. The van der Waals surface area contributed by atoms with E-state index in [1.165, 1.54) is 7.05 Å². The van der Waals surface area contributed by atoms with E-state index < -0.39 is 11.9 Å². The third-order valence-electron chi connectivity index (χ3n) is 0.833. The number of halogens is 3. The number of rotatable bonds is 1. The summed E-state index contributed by atoms with van der Waals surface area (Å²) in [6, 6.07) is 0. The molecule has 0 fully saturated rings. The maximum Gasteiger partial charge on any atom is 0.448 e. The summed E-state index contributed by atoms with van der Waals surface area (Å²) >= 11 is 0. The Kier molecular flexibility index (Phi) is 2.91. The second kappa shape index (κ2) is 3.27. The van der Waals surface area contributed by atoms with Crippen LogP contribution in [-0.4, -0.2) is 24.2 Å². The van der Waals surface area contributed by atoms with Crippen LogP contribution >= 0.6 is 0 Å². The van der Waals surface area contributed by atoms with Crippen LogP contribution in [-0.2, 0) is 0 Å². The lowest BCUT2D eigenvalue weighted by molar-refractivity contribution is -0.120. The van der Waals surface area contributed by atoms with E-state index in [0.29, 0.717) is 6.08 Å². The van der Waals surface area contributed by atoms with Crippen LogP contribution in [0.2, 0.25) is 0 Å². The molecule has 0 radical (unpaired) electrons. The molecule has 0 aliphatic carbocycles. The van der Waals surface area contributed by atoms with Gasteiger partial charge in [0.15, 0.2) is 0 Å². The minimum Gasteiger partial charge on any atom is -0.504 e. The van der Waals surface area contributed by atoms with Crippen LogP contribution in [0.25, 0.3) is 0 Å². The maximum absolute atomic E-state index is 11.5. The van der Waals surface area contributed by atoms with Gasteiger partial charge in [-0.25, -0.2) is 0 Å². The number of alkyl halides is 3. The number of nitrogens with zero attached hydrogens (tertiary/aromatic N) is 1. The van der Waals surface area contributed by atoms with E-state index in [9.17, 15) is 13.2 Å². The first-order valence-corrected chi connectivity index (χ1v) is 2.58. The third kappa shape index (κ3) is 3.49. The molecule has 3 nitrogen and oxygen atoms in total. The molecule has 0 aromatic carbocycles. The lowest BCUT2D eigenvalue weighted by atomic mass is 10.4. The molecule has 0 saturated carbocycles. The van der Waals surface area contributed by atoms with Crippen LogP contribution < -0.4 is 5.73 Å². The summed E-state index contributed by atoms with van der Waals surface area (Å²) in [6.45, 7) is 0. The zero-order valence-electron chi connectivity index (χ0n) is 5.68. The van der Waals surface area contributed by atoms with E-state index in [2.05, 4.69) is 4.99 Å². The third-order valence-corrected chi connectivity index (χ3v) is 0.833. The number of aliphatic hydroxyl groups excluding tert-OH is 1. The van der Waals surface area contributed by atoms with Crippen molar-refractivity contribution in [3.63, 3.8) is 0 Å². The lowest BCUT2D eigenvalue weighted by Gasteiger charge is -2.03. The standard InChI is InChI=1S/C5H7F3N2O/c1-10-4(9)2-3(11)5(6,7)8/h2,11H,1H3,(H2,9,10)/b3-2+. The summed E-state index contributed by atoms with van der Waals surface area (Å²) in [7, 11) is 1.22. The van der Waals surface area contributed by atoms with Crippen molar-refractivity contribution in [1.29, 1.82) is 0 Å². The van der Waals surface area contributed by atoms with E-state index in [-0.39, 0.29) is 5.84 Å². The molecule has 0 aromatic heterocycles. The van der Waals surface area contributed by atoms with Crippen molar-refractivity contribution < 1.29 is 18.3 Å². The minimum absolute atomic E-state index is 0.347. The van der Waals surface area contributed by atoms with E-state index in [0.717, 1.165) is 0 Å². The highest BCUT2D eigenvalue weighted by atomic mass is 19.4. The highest BCUT2D eigenvalue weighted by molar-refractivity contribution is 5.91. The summed E-state index contributed by atoms with van der Waals surface area (Å²) < 4.78 is 34.6. The monoisotopic (exact) mass is 168 g/mol. The van der Waals surface area contributed by atoms with Crippen LogP contribution in [0.5, 0.6) is 0 Å². The van der Waals surface area contributed by atoms with Crippen LogP contribution in [0, 0.1) is 0 Å². The van der Waals surface area contributed by atoms with Crippen molar-refractivity contribution in [2.75, 3.05) is 7.05 Å². The summed E-state index contributed by atoms with van der Waals surface area (Å²) in [5.41, 5.74) is 4.88. The molecule has 11 heavy (non-hydrogen) atoms. The number of aliphatic hydroxyl groups is 1. The number of hydrogen-bond acceptors (Lipinski definition) is 2. The lowest BCUT2D eigenvalue weighted by Crippen LogP contribution is -2.16. The molecule has 0 bridgehead atoms. The summed E-state index contributed by atoms with van der Waals surface area (Å²) in [6.07, 6.45) is -4.41. The average molecular weight is 168 g/mol. The fourth-order valence-corrected chi connectivity index (χ4v) is 0.286. The Hall–Kier alpha value is -1.20. The van der Waals surface area contributed by atoms with Gasteiger partial charge in [0.1, 0.15) is 5.84 Å². The Bertz CT molecular complexity index is 194. The predicted octanol–water partition coefficient (Wildman–Crippen LogP) is 0.978. The molecule has 0 amide bonds. The quantitative estimate of drug-likeness (QED) is 0.348. The molecular formula is C5H7F3N2O.